The fourth-order valence-electron chi connectivity index (χ4n) is 3.49. The van der Waals surface area contributed by atoms with Crippen LogP contribution in [0.5, 0.6) is 0 Å². The predicted octanol–water partition coefficient (Wildman–Crippen LogP) is 2.53. The third-order valence-electron chi connectivity index (χ3n) is 5.04. The van der Waals surface area contributed by atoms with Crippen LogP contribution in [0, 0.1) is 13.8 Å². The van der Waals surface area contributed by atoms with Crippen molar-refractivity contribution in [3.8, 4) is 0 Å². The number of rotatable bonds is 6. The van der Waals surface area contributed by atoms with Crippen LogP contribution < -0.4 is 5.32 Å². The van der Waals surface area contributed by atoms with Crippen LogP contribution >= 0.6 is 12.4 Å². The molecule has 0 saturated carbocycles. The van der Waals surface area contributed by atoms with Crippen molar-refractivity contribution in [1.29, 1.82) is 0 Å². The Bertz CT molecular complexity index is 623. The Labute approximate surface area is 157 Å². The van der Waals surface area contributed by atoms with Crippen molar-refractivity contribution in [3.63, 3.8) is 0 Å². The zero-order chi connectivity index (χ0) is 16.9. The van der Waals surface area contributed by atoms with Crippen molar-refractivity contribution in [2.24, 2.45) is 0 Å². The van der Waals surface area contributed by atoms with Gasteiger partial charge in [-0.3, -0.25) is 10.00 Å². The van der Waals surface area contributed by atoms with Gasteiger partial charge in [0.15, 0.2) is 0 Å². The summed E-state index contributed by atoms with van der Waals surface area (Å²) >= 11 is 0. The van der Waals surface area contributed by atoms with Crippen LogP contribution in [0.15, 0.2) is 30.3 Å². The number of hydrogen-bond donors (Lipinski definition) is 2. The molecule has 1 fully saturated rings. The van der Waals surface area contributed by atoms with Crippen molar-refractivity contribution in [3.05, 3.63) is 52.8 Å². The average molecular weight is 364 g/mol. The number of benzene rings is 1. The fraction of sp³-hybridized carbons (Fsp3) is 0.526. The number of likely N-dealkylation sites (N-methyl/N-ethyl adjacent to an activating group) is 1. The Morgan fingerprint density at radius 2 is 1.96 bits per heavy atom. The van der Waals surface area contributed by atoms with Crippen molar-refractivity contribution in [2.75, 3.05) is 39.8 Å². The van der Waals surface area contributed by atoms with Crippen LogP contribution in [0.25, 0.3) is 0 Å². The summed E-state index contributed by atoms with van der Waals surface area (Å²) in [6, 6.07) is 11.4. The molecule has 0 radical (unpaired) electrons. The minimum absolute atomic E-state index is 0. The van der Waals surface area contributed by atoms with Crippen molar-refractivity contribution < 1.29 is 0 Å². The number of hydrogen-bond acceptors (Lipinski definition) is 4. The van der Waals surface area contributed by atoms with E-state index in [4.69, 9.17) is 0 Å². The lowest BCUT2D eigenvalue weighted by Crippen LogP contribution is -2.48. The zero-order valence-corrected chi connectivity index (χ0v) is 16.3. The second-order valence-corrected chi connectivity index (χ2v) is 6.81. The first kappa shape index (κ1) is 19.9. The van der Waals surface area contributed by atoms with Crippen LogP contribution in [0.1, 0.15) is 28.6 Å². The van der Waals surface area contributed by atoms with Crippen molar-refractivity contribution in [1.82, 2.24) is 25.3 Å². The second-order valence-electron chi connectivity index (χ2n) is 6.81. The summed E-state index contributed by atoms with van der Waals surface area (Å²) in [7, 11) is 2.22. The molecule has 1 aromatic heterocycles. The van der Waals surface area contributed by atoms with Crippen LogP contribution in [0.3, 0.4) is 0 Å². The molecule has 0 amide bonds. The molecule has 3 rings (SSSR count). The van der Waals surface area contributed by atoms with Gasteiger partial charge in [-0.2, -0.15) is 5.10 Å². The van der Waals surface area contributed by atoms with E-state index in [0.717, 1.165) is 45.0 Å². The quantitative estimate of drug-likeness (QED) is 0.774. The Morgan fingerprint density at radius 3 is 2.64 bits per heavy atom. The molecule has 1 aliphatic rings. The molecule has 1 unspecified atom stereocenters. The molecule has 2 heterocycles. The van der Waals surface area contributed by atoms with Gasteiger partial charge in [0, 0.05) is 56.6 Å². The summed E-state index contributed by atoms with van der Waals surface area (Å²) < 4.78 is 0. The Kier molecular flexibility index (Phi) is 7.44. The van der Waals surface area contributed by atoms with E-state index in [-0.39, 0.29) is 12.4 Å². The number of nitrogens with one attached hydrogen (secondary N) is 2. The molecule has 25 heavy (non-hydrogen) atoms. The van der Waals surface area contributed by atoms with E-state index in [1.54, 1.807) is 0 Å². The van der Waals surface area contributed by atoms with E-state index in [9.17, 15) is 0 Å². The van der Waals surface area contributed by atoms with Gasteiger partial charge in [0.1, 0.15) is 0 Å². The monoisotopic (exact) mass is 363 g/mol. The van der Waals surface area contributed by atoms with Gasteiger partial charge in [0.05, 0.1) is 5.69 Å². The number of halogens is 1. The molecule has 138 valence electrons. The number of piperazine rings is 1. The smallest absolute Gasteiger partial charge is 0.0638 e. The Hall–Kier alpha value is -1.40. The summed E-state index contributed by atoms with van der Waals surface area (Å²) in [4.78, 5) is 5.04. The average Bonchev–Trinajstić information content (AvgIpc) is 2.92. The highest BCUT2D eigenvalue weighted by Crippen LogP contribution is 2.24. The Morgan fingerprint density at radius 1 is 1.20 bits per heavy atom. The fourth-order valence-corrected chi connectivity index (χ4v) is 3.49. The van der Waals surface area contributed by atoms with E-state index in [2.05, 4.69) is 76.5 Å². The van der Waals surface area contributed by atoms with Crippen LogP contribution in [-0.4, -0.2) is 59.8 Å². The standard InChI is InChI=1S/C19H29N5.ClH/c1-15-18(16(2)22-21-15)13-20-9-10-24-12-11-23(3)14-19(24)17-7-5-4-6-8-17;/h4-8,19-20H,9-14H2,1-3H3,(H,21,22);1H. The lowest BCUT2D eigenvalue weighted by molar-refractivity contribution is 0.0906. The second kappa shape index (κ2) is 9.34. The van der Waals surface area contributed by atoms with Gasteiger partial charge < -0.3 is 10.2 Å². The highest BCUT2D eigenvalue weighted by atomic mass is 35.5. The molecule has 0 bridgehead atoms. The normalized spacial score (nSPS) is 18.9. The van der Waals surface area contributed by atoms with Crippen LogP contribution in [-0.2, 0) is 6.54 Å². The summed E-state index contributed by atoms with van der Waals surface area (Å²) in [5.74, 6) is 0. The molecule has 1 aliphatic heterocycles. The van der Waals surface area contributed by atoms with Crippen molar-refractivity contribution >= 4 is 12.4 Å². The maximum absolute atomic E-state index is 4.26. The van der Waals surface area contributed by atoms with Crippen LogP contribution in [0.2, 0.25) is 0 Å². The number of H-pyrrole nitrogens is 1. The lowest BCUT2D eigenvalue weighted by atomic mass is 10.0. The number of nitrogens with zero attached hydrogens (tertiary/aromatic N) is 3. The van der Waals surface area contributed by atoms with Gasteiger partial charge >= 0.3 is 0 Å². The molecule has 1 aromatic carbocycles. The topological polar surface area (TPSA) is 47.2 Å². The number of aromatic amines is 1. The third kappa shape index (κ3) is 5.05. The van der Waals surface area contributed by atoms with E-state index in [0.29, 0.717) is 6.04 Å². The highest BCUT2D eigenvalue weighted by molar-refractivity contribution is 5.85. The third-order valence-corrected chi connectivity index (χ3v) is 5.04. The molecule has 2 N–H and O–H groups in total. The number of aryl methyl sites for hydroxylation is 2. The van der Waals surface area contributed by atoms with Gasteiger partial charge in [-0.25, -0.2) is 0 Å². The first-order valence-electron chi connectivity index (χ1n) is 8.84. The summed E-state index contributed by atoms with van der Waals surface area (Å²) in [5.41, 5.74) is 4.99. The molecular weight excluding hydrogens is 334 g/mol. The lowest BCUT2D eigenvalue weighted by Gasteiger charge is -2.40. The molecule has 2 aromatic rings. The zero-order valence-electron chi connectivity index (χ0n) is 15.5. The maximum Gasteiger partial charge on any atom is 0.0638 e. The largest absolute Gasteiger partial charge is 0.311 e. The number of aromatic nitrogens is 2. The highest BCUT2D eigenvalue weighted by Gasteiger charge is 2.25. The molecule has 6 heteroatoms. The Balaban J connectivity index is 0.00000225. The molecule has 5 nitrogen and oxygen atoms in total. The maximum atomic E-state index is 4.26. The summed E-state index contributed by atoms with van der Waals surface area (Å²) in [5, 5.41) is 10.9. The van der Waals surface area contributed by atoms with E-state index < -0.39 is 0 Å². The van der Waals surface area contributed by atoms with Gasteiger partial charge in [0.2, 0.25) is 0 Å². The first-order valence-corrected chi connectivity index (χ1v) is 8.84. The van der Waals surface area contributed by atoms with Gasteiger partial charge in [-0.15, -0.1) is 12.4 Å². The van der Waals surface area contributed by atoms with Crippen molar-refractivity contribution in [2.45, 2.75) is 26.4 Å². The first-order chi connectivity index (χ1) is 11.6. The van der Waals surface area contributed by atoms with E-state index in [1.807, 2.05) is 0 Å². The van der Waals surface area contributed by atoms with E-state index in [1.165, 1.54) is 16.8 Å². The summed E-state index contributed by atoms with van der Waals surface area (Å²) in [6.45, 7) is 10.5. The van der Waals surface area contributed by atoms with Gasteiger partial charge in [-0.1, -0.05) is 30.3 Å². The minimum Gasteiger partial charge on any atom is -0.311 e. The molecule has 0 aliphatic carbocycles. The molecule has 1 saturated heterocycles. The minimum atomic E-state index is 0. The molecule has 1 atom stereocenters. The molecule has 0 spiro atoms. The predicted molar refractivity (Wildman–Crippen MR) is 105 cm³/mol. The van der Waals surface area contributed by atoms with Gasteiger partial charge in [0.25, 0.3) is 0 Å². The van der Waals surface area contributed by atoms with Crippen LogP contribution in [0.4, 0.5) is 0 Å². The molecular formula is C19H30ClN5. The van der Waals surface area contributed by atoms with E-state index >= 15 is 0 Å². The van der Waals surface area contributed by atoms with Gasteiger partial charge in [-0.05, 0) is 26.5 Å². The summed E-state index contributed by atoms with van der Waals surface area (Å²) in [6.07, 6.45) is 0. The SMILES string of the molecule is Cc1n[nH]c(C)c1CNCCN1CCN(C)CC1c1ccccc1.Cl.